The molecule has 6 heteroatoms. The van der Waals surface area contributed by atoms with Crippen LogP contribution in [0.4, 0.5) is 5.69 Å². The Morgan fingerprint density at radius 1 is 1.14 bits per heavy atom. The largest absolute Gasteiger partial charge is 0.374 e. The highest BCUT2D eigenvalue weighted by Crippen LogP contribution is 2.26. The van der Waals surface area contributed by atoms with Gasteiger partial charge in [0, 0.05) is 34.9 Å². The Hall–Kier alpha value is -0.970. The zero-order chi connectivity index (χ0) is 15.5. The van der Waals surface area contributed by atoms with E-state index in [1.54, 1.807) is 6.07 Å². The van der Waals surface area contributed by atoms with Gasteiger partial charge in [-0.3, -0.25) is 4.79 Å². The molecule has 0 spiro atoms. The average Bonchev–Trinajstić information content (AvgIpc) is 2.49. The smallest absolute Gasteiger partial charge is 0.245 e. The van der Waals surface area contributed by atoms with E-state index in [9.17, 15) is 4.79 Å². The van der Waals surface area contributed by atoms with E-state index in [1.807, 2.05) is 17.0 Å². The highest BCUT2D eigenvalue weighted by atomic mass is 35.5. The van der Waals surface area contributed by atoms with E-state index >= 15 is 0 Å². The van der Waals surface area contributed by atoms with Gasteiger partial charge >= 0.3 is 0 Å². The van der Waals surface area contributed by atoms with Crippen LogP contribution < -0.4 is 10.6 Å². The van der Waals surface area contributed by atoms with Gasteiger partial charge in [0.2, 0.25) is 5.91 Å². The Kier molecular flexibility index (Phi) is 5.11. The number of hydrogen-bond donors (Lipinski definition) is 2. The number of benzene rings is 1. The molecule has 120 valence electrons. The molecule has 4 nitrogen and oxygen atoms in total. The predicted octanol–water partition coefficient (Wildman–Crippen LogP) is 3.15. The van der Waals surface area contributed by atoms with Crippen molar-refractivity contribution in [3.63, 3.8) is 0 Å². The molecule has 2 saturated heterocycles. The summed E-state index contributed by atoms with van der Waals surface area (Å²) in [6.45, 7) is 2.82. The van der Waals surface area contributed by atoms with Crippen molar-refractivity contribution in [3.05, 3.63) is 28.2 Å². The summed E-state index contributed by atoms with van der Waals surface area (Å²) in [5.41, 5.74) is 0.805. The van der Waals surface area contributed by atoms with Gasteiger partial charge in [-0.15, -0.1) is 0 Å². The number of nitrogens with zero attached hydrogens (tertiary/aromatic N) is 1. The Morgan fingerprint density at radius 2 is 1.91 bits per heavy atom. The molecule has 2 fully saturated rings. The Balaban J connectivity index is 1.69. The molecular formula is C16H21Cl2N3O. The Bertz CT molecular complexity index is 526. The van der Waals surface area contributed by atoms with Gasteiger partial charge in [-0.1, -0.05) is 23.2 Å². The third-order valence-electron chi connectivity index (χ3n) is 4.39. The van der Waals surface area contributed by atoms with E-state index in [4.69, 9.17) is 23.2 Å². The number of amides is 1. The molecule has 2 aliphatic heterocycles. The third-order valence-corrected chi connectivity index (χ3v) is 4.82. The fourth-order valence-electron chi connectivity index (χ4n) is 3.33. The van der Waals surface area contributed by atoms with Crippen LogP contribution >= 0.6 is 23.2 Å². The highest BCUT2D eigenvalue weighted by molar-refractivity contribution is 6.35. The van der Waals surface area contributed by atoms with Crippen LogP contribution in [0, 0.1) is 0 Å². The molecule has 0 aromatic heterocycles. The molecule has 2 atom stereocenters. The summed E-state index contributed by atoms with van der Waals surface area (Å²) in [6, 6.07) is 5.44. The fraction of sp³-hybridized carbons (Fsp3) is 0.562. The topological polar surface area (TPSA) is 44.4 Å². The first-order valence-corrected chi connectivity index (χ1v) is 8.63. The van der Waals surface area contributed by atoms with Crippen molar-refractivity contribution < 1.29 is 4.79 Å². The summed E-state index contributed by atoms with van der Waals surface area (Å²) >= 11 is 12.1. The maximum atomic E-state index is 12.8. The molecule has 2 N–H and O–H groups in total. The molecule has 0 aliphatic carbocycles. The van der Waals surface area contributed by atoms with E-state index in [2.05, 4.69) is 10.6 Å². The molecule has 0 bridgehead atoms. The number of carbonyl (C=O) groups excluding carboxylic acids is 1. The van der Waals surface area contributed by atoms with E-state index in [0.717, 1.165) is 51.0 Å². The summed E-state index contributed by atoms with van der Waals surface area (Å²) in [5.74, 6) is 0.191. The third kappa shape index (κ3) is 3.67. The number of hydrogen-bond acceptors (Lipinski definition) is 3. The van der Waals surface area contributed by atoms with E-state index in [0.29, 0.717) is 16.1 Å². The molecule has 2 unspecified atom stereocenters. The number of anilines is 1. The standard InChI is InChI=1S/C16H21Cl2N3O/c17-11-7-12(18)9-13(8-11)20-15-4-2-6-21(16(15)22)14-3-1-5-19-10-14/h7-9,14-15,19-20H,1-6,10H2. The van der Waals surface area contributed by atoms with Crippen LogP contribution in [0.5, 0.6) is 0 Å². The normalized spacial score (nSPS) is 26.1. The number of likely N-dealkylation sites (tertiary alicyclic amines) is 1. The molecule has 0 radical (unpaired) electrons. The van der Waals surface area contributed by atoms with Gasteiger partial charge in [-0.2, -0.15) is 0 Å². The number of rotatable bonds is 3. The number of halogens is 2. The van der Waals surface area contributed by atoms with Gasteiger partial charge in [0.1, 0.15) is 6.04 Å². The molecule has 1 amide bonds. The maximum absolute atomic E-state index is 12.8. The van der Waals surface area contributed by atoms with Gasteiger partial charge in [-0.25, -0.2) is 0 Å². The van der Waals surface area contributed by atoms with Crippen molar-refractivity contribution in [1.29, 1.82) is 0 Å². The zero-order valence-corrected chi connectivity index (χ0v) is 14.0. The second-order valence-electron chi connectivity index (χ2n) is 6.03. The van der Waals surface area contributed by atoms with Crippen LogP contribution in [0.15, 0.2) is 18.2 Å². The lowest BCUT2D eigenvalue weighted by molar-refractivity contribution is -0.137. The molecule has 3 rings (SSSR count). The maximum Gasteiger partial charge on any atom is 0.245 e. The summed E-state index contributed by atoms with van der Waals surface area (Å²) < 4.78 is 0. The van der Waals surface area contributed by atoms with Gasteiger partial charge in [0.25, 0.3) is 0 Å². The fourth-order valence-corrected chi connectivity index (χ4v) is 3.86. The van der Waals surface area contributed by atoms with Crippen LogP contribution in [0.3, 0.4) is 0 Å². The molecular weight excluding hydrogens is 321 g/mol. The molecule has 1 aromatic rings. The highest BCUT2D eigenvalue weighted by Gasteiger charge is 2.33. The lowest BCUT2D eigenvalue weighted by Crippen LogP contribution is -2.55. The van der Waals surface area contributed by atoms with Crippen LogP contribution in [0.25, 0.3) is 0 Å². The molecule has 2 heterocycles. The Morgan fingerprint density at radius 3 is 2.59 bits per heavy atom. The summed E-state index contributed by atoms with van der Waals surface area (Å²) in [5, 5.41) is 7.83. The first-order valence-electron chi connectivity index (χ1n) is 7.87. The first kappa shape index (κ1) is 15.9. The quantitative estimate of drug-likeness (QED) is 0.887. The minimum Gasteiger partial charge on any atom is -0.374 e. The van der Waals surface area contributed by atoms with Crippen molar-refractivity contribution in [2.75, 3.05) is 25.0 Å². The lowest BCUT2D eigenvalue weighted by atomic mass is 9.98. The van der Waals surface area contributed by atoms with Crippen LogP contribution in [-0.4, -0.2) is 42.5 Å². The van der Waals surface area contributed by atoms with Crippen LogP contribution in [0.2, 0.25) is 10.0 Å². The minimum atomic E-state index is -0.190. The second-order valence-corrected chi connectivity index (χ2v) is 6.90. The average molecular weight is 342 g/mol. The van der Waals surface area contributed by atoms with Crippen molar-refractivity contribution >= 4 is 34.8 Å². The van der Waals surface area contributed by atoms with Gasteiger partial charge in [0.05, 0.1) is 0 Å². The summed E-state index contributed by atoms with van der Waals surface area (Å²) in [6.07, 6.45) is 4.10. The molecule has 2 aliphatic rings. The summed E-state index contributed by atoms with van der Waals surface area (Å²) in [4.78, 5) is 14.8. The first-order chi connectivity index (χ1) is 10.6. The zero-order valence-electron chi connectivity index (χ0n) is 12.4. The molecule has 0 saturated carbocycles. The second kappa shape index (κ2) is 7.07. The van der Waals surface area contributed by atoms with Crippen molar-refractivity contribution in [1.82, 2.24) is 10.2 Å². The lowest BCUT2D eigenvalue weighted by Gasteiger charge is -2.40. The van der Waals surface area contributed by atoms with Crippen LogP contribution in [-0.2, 0) is 4.79 Å². The monoisotopic (exact) mass is 341 g/mol. The summed E-state index contributed by atoms with van der Waals surface area (Å²) in [7, 11) is 0. The van der Waals surface area contributed by atoms with Crippen LogP contribution in [0.1, 0.15) is 25.7 Å². The predicted molar refractivity (Wildman–Crippen MR) is 90.7 cm³/mol. The van der Waals surface area contributed by atoms with Gasteiger partial charge in [0.15, 0.2) is 0 Å². The Labute approximate surface area is 141 Å². The SMILES string of the molecule is O=C1C(Nc2cc(Cl)cc(Cl)c2)CCCN1C1CCCNC1. The van der Waals surface area contributed by atoms with Crippen molar-refractivity contribution in [3.8, 4) is 0 Å². The van der Waals surface area contributed by atoms with Crippen molar-refractivity contribution in [2.45, 2.75) is 37.8 Å². The number of carbonyl (C=O) groups is 1. The van der Waals surface area contributed by atoms with Gasteiger partial charge in [-0.05, 0) is 50.4 Å². The molecule has 1 aromatic carbocycles. The number of piperidine rings is 2. The van der Waals surface area contributed by atoms with Crippen molar-refractivity contribution in [2.24, 2.45) is 0 Å². The van der Waals surface area contributed by atoms with E-state index in [1.165, 1.54) is 0 Å². The minimum absolute atomic E-state index is 0.190. The van der Waals surface area contributed by atoms with E-state index < -0.39 is 0 Å². The molecule has 22 heavy (non-hydrogen) atoms. The number of nitrogens with one attached hydrogen (secondary N) is 2. The van der Waals surface area contributed by atoms with Gasteiger partial charge < -0.3 is 15.5 Å². The van der Waals surface area contributed by atoms with E-state index in [-0.39, 0.29) is 11.9 Å².